The van der Waals surface area contributed by atoms with Crippen LogP contribution in [0.3, 0.4) is 0 Å². The van der Waals surface area contributed by atoms with Gasteiger partial charge in [-0.15, -0.1) is 0 Å². The molecule has 2 aromatic carbocycles. The standard InChI is InChI=1S/C18H16BrN3O4/c19-14-5-2-4-13(11-14)17(24)21-16(18(25)20-7-8-23)10-12-3-1-6-15(9-12)22-26/h1-6,9-11,23H,7-8H2,(H,20,25)(H,21,24)/p+1/b16-10-. The lowest BCUT2D eigenvalue weighted by Crippen LogP contribution is -2.55. The molecule has 0 aliphatic heterocycles. The topological polar surface area (TPSA) is 109 Å². The maximum atomic E-state index is 12.4. The molecule has 0 bridgehead atoms. The summed E-state index contributed by atoms with van der Waals surface area (Å²) in [6, 6.07) is 13.2. The van der Waals surface area contributed by atoms with Crippen LogP contribution in [0.15, 0.2) is 58.7 Å². The first-order chi connectivity index (χ1) is 12.5. The molecule has 0 aromatic heterocycles. The van der Waals surface area contributed by atoms with Crippen molar-refractivity contribution in [3.8, 4) is 0 Å². The van der Waals surface area contributed by atoms with E-state index in [0.717, 1.165) is 4.47 Å². The number of nitroso groups, excluding NO2 is 1. The summed E-state index contributed by atoms with van der Waals surface area (Å²) < 4.78 is 0.731. The summed E-state index contributed by atoms with van der Waals surface area (Å²) in [6.45, 7) is -0.181. The Morgan fingerprint density at radius 2 is 1.92 bits per heavy atom. The summed E-state index contributed by atoms with van der Waals surface area (Å²) >= 11 is 3.29. The van der Waals surface area contributed by atoms with Crippen LogP contribution in [0.4, 0.5) is 5.69 Å². The highest BCUT2D eigenvalue weighted by Crippen LogP contribution is 2.13. The lowest BCUT2D eigenvalue weighted by Gasteiger charge is -2.11. The smallest absolute Gasteiger partial charge is 0.267 e. The third-order valence-corrected chi connectivity index (χ3v) is 3.79. The second-order valence-electron chi connectivity index (χ2n) is 5.23. The van der Waals surface area contributed by atoms with Crippen molar-refractivity contribution < 1.29 is 19.9 Å². The van der Waals surface area contributed by atoms with Crippen LogP contribution in [-0.2, 0) is 4.79 Å². The number of hydrogen-bond acceptors (Lipinski definition) is 4. The first kappa shape index (κ1) is 19.5. The van der Waals surface area contributed by atoms with E-state index in [2.05, 4.69) is 26.6 Å². The average Bonchev–Trinajstić information content (AvgIpc) is 2.65. The third kappa shape index (κ3) is 5.61. The van der Waals surface area contributed by atoms with E-state index in [4.69, 9.17) is 5.11 Å². The summed E-state index contributed by atoms with van der Waals surface area (Å²) in [6.07, 6.45) is 1.45. The number of halogens is 1. The minimum Gasteiger partial charge on any atom is -0.395 e. The highest BCUT2D eigenvalue weighted by Gasteiger charge is 2.15. The predicted molar refractivity (Wildman–Crippen MR) is 100 cm³/mol. The van der Waals surface area contributed by atoms with Crippen LogP contribution >= 0.6 is 15.9 Å². The fraction of sp³-hybridized carbons (Fsp3) is 0.111. The number of carbonyl (C=O) groups excluding carboxylic acids is 2. The van der Waals surface area contributed by atoms with Gasteiger partial charge in [-0.2, -0.15) is 0 Å². The van der Waals surface area contributed by atoms with Gasteiger partial charge in [-0.05, 0) is 29.8 Å². The second kappa shape index (κ2) is 9.59. The summed E-state index contributed by atoms with van der Waals surface area (Å²) in [7, 11) is 0. The van der Waals surface area contributed by atoms with E-state index in [1.54, 1.807) is 47.6 Å². The Labute approximate surface area is 158 Å². The van der Waals surface area contributed by atoms with Crippen LogP contribution in [0.5, 0.6) is 0 Å². The van der Waals surface area contributed by atoms with E-state index in [1.807, 2.05) is 0 Å². The molecule has 0 spiro atoms. The predicted octanol–water partition coefficient (Wildman–Crippen LogP) is 0.807. The quantitative estimate of drug-likeness (QED) is 0.498. The van der Waals surface area contributed by atoms with E-state index in [-0.39, 0.29) is 18.8 Å². The lowest BCUT2D eigenvalue weighted by atomic mass is 10.1. The van der Waals surface area contributed by atoms with Crippen molar-refractivity contribution in [1.82, 2.24) is 10.6 Å². The second-order valence-corrected chi connectivity index (χ2v) is 6.15. The fourth-order valence-electron chi connectivity index (χ4n) is 2.11. The molecule has 0 saturated carbocycles. The van der Waals surface area contributed by atoms with Gasteiger partial charge in [-0.1, -0.05) is 34.1 Å². The van der Waals surface area contributed by atoms with E-state index < -0.39 is 11.8 Å². The van der Waals surface area contributed by atoms with E-state index in [1.165, 1.54) is 12.1 Å². The van der Waals surface area contributed by atoms with Crippen LogP contribution < -0.4 is 15.8 Å². The van der Waals surface area contributed by atoms with Crippen LogP contribution in [0.1, 0.15) is 15.9 Å². The number of amides is 2. The fourth-order valence-corrected chi connectivity index (χ4v) is 2.51. The Hall–Kier alpha value is -2.84. The molecule has 2 rings (SSSR count). The number of rotatable bonds is 7. The van der Waals surface area contributed by atoms with Gasteiger partial charge >= 0.3 is 0 Å². The van der Waals surface area contributed by atoms with Crippen molar-refractivity contribution in [2.75, 3.05) is 13.2 Å². The number of aliphatic hydroxyl groups excluding tert-OH is 1. The zero-order valence-electron chi connectivity index (χ0n) is 13.7. The van der Waals surface area contributed by atoms with Crippen LogP contribution in [0, 0.1) is 4.91 Å². The Kier molecular flexibility index (Phi) is 7.19. The van der Waals surface area contributed by atoms with Crippen molar-refractivity contribution in [1.29, 1.82) is 0 Å². The number of nitrogens with one attached hydrogen (secondary N) is 3. The Bertz CT molecular complexity index is 852. The number of carbonyl (C=O) groups is 2. The van der Waals surface area contributed by atoms with E-state index >= 15 is 0 Å². The molecule has 0 saturated heterocycles. The van der Waals surface area contributed by atoms with Crippen molar-refractivity contribution in [2.45, 2.75) is 0 Å². The van der Waals surface area contributed by atoms with Gasteiger partial charge in [-0.3, -0.25) is 9.59 Å². The summed E-state index contributed by atoms with van der Waals surface area (Å²) in [4.78, 5) is 35.5. The first-order valence-corrected chi connectivity index (χ1v) is 8.48. The van der Waals surface area contributed by atoms with Crippen molar-refractivity contribution in [3.05, 3.63) is 74.7 Å². The van der Waals surface area contributed by atoms with Crippen LogP contribution in [0.2, 0.25) is 0 Å². The maximum absolute atomic E-state index is 12.4. The van der Waals surface area contributed by atoms with E-state index in [9.17, 15) is 14.5 Å². The highest BCUT2D eigenvalue weighted by atomic mass is 79.9. The summed E-state index contributed by atoms with van der Waals surface area (Å²) in [5, 5.41) is 15.7. The molecule has 134 valence electrons. The summed E-state index contributed by atoms with van der Waals surface area (Å²) in [5.41, 5.74) is 1.24. The lowest BCUT2D eigenvalue weighted by molar-refractivity contribution is -0.379. The van der Waals surface area contributed by atoms with Gasteiger partial charge < -0.3 is 15.7 Å². The maximum Gasteiger partial charge on any atom is 0.267 e. The van der Waals surface area contributed by atoms with Gasteiger partial charge in [0.1, 0.15) is 5.70 Å². The Morgan fingerprint density at radius 1 is 1.15 bits per heavy atom. The normalized spacial score (nSPS) is 10.9. The van der Waals surface area contributed by atoms with Crippen LogP contribution in [-0.4, -0.2) is 30.1 Å². The SMILES string of the molecule is O=[NH+]c1cccc(/C=C(\NC(=O)c2cccc(Br)c2)C(=O)NCCO)c1. The highest BCUT2D eigenvalue weighted by molar-refractivity contribution is 9.10. The summed E-state index contributed by atoms with van der Waals surface area (Å²) in [5.74, 6) is -1.02. The molecule has 8 heteroatoms. The van der Waals surface area contributed by atoms with Gasteiger partial charge in [0.2, 0.25) is 0 Å². The van der Waals surface area contributed by atoms with Crippen molar-refractivity contribution in [2.24, 2.45) is 0 Å². The molecule has 2 amide bonds. The van der Waals surface area contributed by atoms with Gasteiger partial charge in [-0.25, -0.2) is 0 Å². The molecule has 0 radical (unpaired) electrons. The Balaban J connectivity index is 2.30. The molecule has 0 heterocycles. The minimum absolute atomic E-state index is 0.00789. The van der Waals surface area contributed by atoms with Gasteiger partial charge in [0.15, 0.2) is 0 Å². The molecule has 2 aromatic rings. The largest absolute Gasteiger partial charge is 0.395 e. The molecule has 0 aliphatic carbocycles. The molecule has 26 heavy (non-hydrogen) atoms. The molecule has 0 fully saturated rings. The van der Waals surface area contributed by atoms with E-state index in [0.29, 0.717) is 16.8 Å². The van der Waals surface area contributed by atoms with Gasteiger partial charge in [0.05, 0.1) is 6.61 Å². The molecular formula is C18H17BrN3O4+. The van der Waals surface area contributed by atoms with Gasteiger partial charge in [0, 0.05) is 38.8 Å². The van der Waals surface area contributed by atoms with Gasteiger partial charge in [0.25, 0.3) is 17.5 Å². The third-order valence-electron chi connectivity index (χ3n) is 3.29. The number of hydrogen-bond donors (Lipinski definition) is 4. The monoisotopic (exact) mass is 418 g/mol. The average molecular weight is 419 g/mol. The zero-order chi connectivity index (χ0) is 18.9. The molecule has 0 aliphatic rings. The molecule has 0 unspecified atom stereocenters. The van der Waals surface area contributed by atoms with Crippen LogP contribution in [0.25, 0.3) is 6.08 Å². The number of aliphatic hydroxyl groups is 1. The van der Waals surface area contributed by atoms with Crippen molar-refractivity contribution in [3.63, 3.8) is 0 Å². The molecular weight excluding hydrogens is 402 g/mol. The number of benzene rings is 2. The molecule has 7 nitrogen and oxygen atoms in total. The molecule has 4 N–H and O–H groups in total. The Morgan fingerprint density at radius 3 is 2.62 bits per heavy atom. The first-order valence-electron chi connectivity index (χ1n) is 7.69. The minimum atomic E-state index is -0.553. The van der Waals surface area contributed by atoms with Crippen molar-refractivity contribution >= 4 is 39.5 Å². The zero-order valence-corrected chi connectivity index (χ0v) is 15.2. The molecule has 0 atom stereocenters.